The highest BCUT2D eigenvalue weighted by atomic mass is 32.1. The first-order chi connectivity index (χ1) is 7.66. The molecular weight excluding hydrogens is 222 g/mol. The Morgan fingerprint density at radius 2 is 2.19 bits per heavy atom. The van der Waals surface area contributed by atoms with Crippen LogP contribution in [0.4, 0.5) is 5.82 Å². The molecule has 2 aromatic heterocycles. The van der Waals surface area contributed by atoms with Crippen LogP contribution < -0.4 is 5.32 Å². The fourth-order valence-corrected chi connectivity index (χ4v) is 2.17. The van der Waals surface area contributed by atoms with Crippen molar-refractivity contribution >= 4 is 23.1 Å². The maximum Gasteiger partial charge on any atom is 0.276 e. The van der Waals surface area contributed by atoms with Gasteiger partial charge in [-0.25, -0.2) is 9.97 Å². The lowest BCUT2D eigenvalue weighted by molar-refractivity contribution is 0.102. The number of amides is 1. The standard InChI is InChI=1S/C11H11N3OS/c1-7-10(13-8(2)16-7)11(15)14-9-5-3-4-6-12-9/h3-6H,1-2H3,(H,12,14,15). The van der Waals surface area contributed by atoms with Crippen LogP contribution in [0, 0.1) is 13.8 Å². The fraction of sp³-hybridized carbons (Fsp3) is 0.182. The first-order valence-corrected chi connectivity index (χ1v) is 5.65. The highest BCUT2D eigenvalue weighted by Gasteiger charge is 2.13. The zero-order valence-corrected chi connectivity index (χ0v) is 9.84. The van der Waals surface area contributed by atoms with Crippen LogP contribution in [-0.2, 0) is 0 Å². The van der Waals surface area contributed by atoms with Crippen molar-refractivity contribution in [3.63, 3.8) is 0 Å². The lowest BCUT2D eigenvalue weighted by atomic mass is 10.3. The van der Waals surface area contributed by atoms with Gasteiger partial charge in [0.05, 0.1) is 5.01 Å². The number of thiazole rings is 1. The molecule has 0 spiro atoms. The molecule has 0 aliphatic carbocycles. The summed E-state index contributed by atoms with van der Waals surface area (Å²) < 4.78 is 0. The third kappa shape index (κ3) is 2.25. The average Bonchev–Trinajstić information content (AvgIpc) is 2.59. The van der Waals surface area contributed by atoms with Gasteiger partial charge in [0.25, 0.3) is 5.91 Å². The van der Waals surface area contributed by atoms with Gasteiger partial charge in [-0.3, -0.25) is 4.79 Å². The molecule has 0 fully saturated rings. The van der Waals surface area contributed by atoms with E-state index in [-0.39, 0.29) is 5.91 Å². The summed E-state index contributed by atoms with van der Waals surface area (Å²) in [7, 11) is 0. The van der Waals surface area contributed by atoms with Crippen molar-refractivity contribution in [2.24, 2.45) is 0 Å². The lowest BCUT2D eigenvalue weighted by Gasteiger charge is -2.01. The van der Waals surface area contributed by atoms with Gasteiger partial charge < -0.3 is 5.32 Å². The predicted octanol–water partition coefficient (Wildman–Crippen LogP) is 2.41. The Balaban J connectivity index is 2.18. The Morgan fingerprint density at radius 3 is 2.75 bits per heavy atom. The number of aryl methyl sites for hydroxylation is 2. The van der Waals surface area contributed by atoms with Crippen LogP contribution in [0.3, 0.4) is 0 Å². The molecule has 2 heterocycles. The van der Waals surface area contributed by atoms with E-state index in [4.69, 9.17) is 0 Å². The highest BCUT2D eigenvalue weighted by Crippen LogP contribution is 2.17. The van der Waals surface area contributed by atoms with Gasteiger partial charge in [-0.15, -0.1) is 11.3 Å². The van der Waals surface area contributed by atoms with Crippen LogP contribution in [0.15, 0.2) is 24.4 Å². The second kappa shape index (κ2) is 4.40. The Labute approximate surface area is 97.4 Å². The molecular formula is C11H11N3OS. The topological polar surface area (TPSA) is 54.9 Å². The SMILES string of the molecule is Cc1nc(C(=O)Nc2ccccn2)c(C)s1. The molecule has 0 aromatic carbocycles. The minimum atomic E-state index is -0.208. The van der Waals surface area contributed by atoms with Gasteiger partial charge in [-0.05, 0) is 26.0 Å². The van der Waals surface area contributed by atoms with Gasteiger partial charge in [0.15, 0.2) is 0 Å². The van der Waals surface area contributed by atoms with Gasteiger partial charge in [-0.2, -0.15) is 0 Å². The molecule has 2 rings (SSSR count). The van der Waals surface area contributed by atoms with E-state index in [2.05, 4.69) is 15.3 Å². The number of nitrogens with zero attached hydrogens (tertiary/aromatic N) is 2. The Bertz CT molecular complexity index is 507. The zero-order valence-electron chi connectivity index (χ0n) is 9.02. The van der Waals surface area contributed by atoms with E-state index in [1.165, 1.54) is 11.3 Å². The zero-order chi connectivity index (χ0) is 11.5. The van der Waals surface area contributed by atoms with Gasteiger partial charge in [0.1, 0.15) is 11.5 Å². The van der Waals surface area contributed by atoms with Crippen LogP contribution in [0.25, 0.3) is 0 Å². The molecule has 0 atom stereocenters. The Kier molecular flexibility index (Phi) is 2.96. The van der Waals surface area contributed by atoms with Crippen LogP contribution in [-0.4, -0.2) is 15.9 Å². The largest absolute Gasteiger partial charge is 0.305 e. The van der Waals surface area contributed by atoms with Crippen molar-refractivity contribution < 1.29 is 4.79 Å². The highest BCUT2D eigenvalue weighted by molar-refractivity contribution is 7.11. The molecule has 1 N–H and O–H groups in total. The normalized spacial score (nSPS) is 10.1. The van der Waals surface area contributed by atoms with Crippen LogP contribution in [0.5, 0.6) is 0 Å². The van der Waals surface area contributed by atoms with Crippen LogP contribution in [0.1, 0.15) is 20.4 Å². The minimum Gasteiger partial charge on any atom is -0.305 e. The number of nitrogens with one attached hydrogen (secondary N) is 1. The van der Waals surface area contributed by atoms with Gasteiger partial charge in [0.2, 0.25) is 0 Å². The summed E-state index contributed by atoms with van der Waals surface area (Å²) >= 11 is 1.52. The van der Waals surface area contributed by atoms with Crippen molar-refractivity contribution in [1.82, 2.24) is 9.97 Å². The summed E-state index contributed by atoms with van der Waals surface area (Å²) in [5.41, 5.74) is 0.480. The molecule has 0 aliphatic heterocycles. The second-order valence-corrected chi connectivity index (χ2v) is 4.71. The Morgan fingerprint density at radius 1 is 1.38 bits per heavy atom. The number of carbonyl (C=O) groups excluding carboxylic acids is 1. The Hall–Kier alpha value is -1.75. The van der Waals surface area contributed by atoms with Crippen molar-refractivity contribution in [3.05, 3.63) is 40.0 Å². The smallest absolute Gasteiger partial charge is 0.276 e. The summed E-state index contributed by atoms with van der Waals surface area (Å²) in [4.78, 5) is 21.0. The maximum atomic E-state index is 11.8. The van der Waals surface area contributed by atoms with Crippen molar-refractivity contribution in [2.45, 2.75) is 13.8 Å². The van der Waals surface area contributed by atoms with Gasteiger partial charge in [-0.1, -0.05) is 6.07 Å². The number of anilines is 1. The van der Waals surface area contributed by atoms with Crippen molar-refractivity contribution in [1.29, 1.82) is 0 Å². The molecule has 4 nitrogen and oxygen atoms in total. The third-order valence-electron chi connectivity index (χ3n) is 2.03. The summed E-state index contributed by atoms with van der Waals surface area (Å²) in [5.74, 6) is 0.332. The maximum absolute atomic E-state index is 11.8. The average molecular weight is 233 g/mol. The first-order valence-electron chi connectivity index (χ1n) is 4.83. The van der Waals surface area contributed by atoms with E-state index in [0.717, 1.165) is 9.88 Å². The third-order valence-corrected chi connectivity index (χ3v) is 2.91. The molecule has 82 valence electrons. The summed E-state index contributed by atoms with van der Waals surface area (Å²) in [6, 6.07) is 5.36. The van der Waals surface area contributed by atoms with E-state index in [1.54, 1.807) is 18.3 Å². The van der Waals surface area contributed by atoms with Crippen LogP contribution >= 0.6 is 11.3 Å². The molecule has 5 heteroatoms. The fourth-order valence-electron chi connectivity index (χ4n) is 1.35. The van der Waals surface area contributed by atoms with E-state index >= 15 is 0 Å². The molecule has 1 amide bonds. The molecule has 0 unspecified atom stereocenters. The number of pyridine rings is 1. The quantitative estimate of drug-likeness (QED) is 0.866. The molecule has 0 aliphatic rings. The van der Waals surface area contributed by atoms with Crippen LogP contribution in [0.2, 0.25) is 0 Å². The number of hydrogen-bond acceptors (Lipinski definition) is 4. The number of rotatable bonds is 2. The van der Waals surface area contributed by atoms with E-state index in [9.17, 15) is 4.79 Å². The molecule has 0 bridgehead atoms. The summed E-state index contributed by atoms with van der Waals surface area (Å²) in [6.07, 6.45) is 1.63. The summed E-state index contributed by atoms with van der Waals surface area (Å²) in [6.45, 7) is 3.77. The van der Waals surface area contributed by atoms with Gasteiger partial charge in [0, 0.05) is 11.1 Å². The molecule has 2 aromatic rings. The number of aromatic nitrogens is 2. The first kappa shape index (κ1) is 10.8. The second-order valence-electron chi connectivity index (χ2n) is 3.31. The lowest BCUT2D eigenvalue weighted by Crippen LogP contribution is -2.14. The van der Waals surface area contributed by atoms with E-state index in [1.807, 2.05) is 19.9 Å². The molecule has 0 saturated carbocycles. The van der Waals surface area contributed by atoms with Gasteiger partial charge >= 0.3 is 0 Å². The van der Waals surface area contributed by atoms with E-state index in [0.29, 0.717) is 11.5 Å². The molecule has 0 radical (unpaired) electrons. The summed E-state index contributed by atoms with van der Waals surface area (Å²) in [5, 5.41) is 3.60. The predicted molar refractivity (Wildman–Crippen MR) is 63.8 cm³/mol. The minimum absolute atomic E-state index is 0.208. The molecule has 16 heavy (non-hydrogen) atoms. The monoisotopic (exact) mass is 233 g/mol. The van der Waals surface area contributed by atoms with E-state index < -0.39 is 0 Å². The van der Waals surface area contributed by atoms with Crippen molar-refractivity contribution in [3.8, 4) is 0 Å². The number of hydrogen-bond donors (Lipinski definition) is 1. The number of carbonyl (C=O) groups is 1. The molecule has 0 saturated heterocycles. The van der Waals surface area contributed by atoms with Crippen molar-refractivity contribution in [2.75, 3.05) is 5.32 Å².